The second-order valence-electron chi connectivity index (χ2n) is 12.5. The highest BCUT2D eigenvalue weighted by Crippen LogP contribution is 2.35. The lowest BCUT2D eigenvalue weighted by Gasteiger charge is -2.21. The summed E-state index contributed by atoms with van der Waals surface area (Å²) in [5.41, 5.74) is 22.8. The number of nitrogens with one attached hydrogen (secondary N) is 4. The number of hydrogen-bond acceptors (Lipinski definition) is 10. The van der Waals surface area contributed by atoms with Crippen molar-refractivity contribution < 1.29 is 0 Å². The molecule has 7 rings (SSSR count). The van der Waals surface area contributed by atoms with Crippen molar-refractivity contribution in [3.8, 4) is 11.3 Å². The van der Waals surface area contributed by atoms with Gasteiger partial charge in [0, 0.05) is 24.0 Å². The minimum absolute atomic E-state index is 0.658. The normalized spacial score (nSPS) is 15.3. The summed E-state index contributed by atoms with van der Waals surface area (Å²) in [6.45, 7) is 6.46. The zero-order chi connectivity index (χ0) is 32.0. The summed E-state index contributed by atoms with van der Waals surface area (Å²) in [5, 5.41) is 14.1. The van der Waals surface area contributed by atoms with Crippen LogP contribution in [0.1, 0.15) is 67.6 Å². The predicted molar refractivity (Wildman–Crippen MR) is 200 cm³/mol. The van der Waals surface area contributed by atoms with E-state index in [4.69, 9.17) is 4.98 Å². The van der Waals surface area contributed by atoms with Gasteiger partial charge in [-0.05, 0) is 111 Å². The molecule has 10 heteroatoms. The molecule has 2 aromatic heterocycles. The van der Waals surface area contributed by atoms with E-state index in [9.17, 15) is 0 Å². The van der Waals surface area contributed by atoms with Crippen LogP contribution in [-0.4, -0.2) is 18.1 Å². The molecule has 1 aliphatic carbocycles. The van der Waals surface area contributed by atoms with Crippen molar-refractivity contribution in [2.75, 3.05) is 39.7 Å². The summed E-state index contributed by atoms with van der Waals surface area (Å²) >= 11 is 3.30. The standard InChI is InChI=1S/C37H42N8S2/c1-25-23-31(40-43-35-18-19-36(47-35)45-20-6-7-21-45)15-16-32(25)41-39-30-14-17-33(26(2)22-30)42-44-37-38-34(24-46-37)29-12-10-28(11-13-29)27-8-4-3-5-9-27/h10-19,22-24,27,39-41,43H,3-9,20-21H2,1-2H3. The molecule has 4 N–H and O–H groups in total. The molecule has 8 nitrogen and oxygen atoms in total. The minimum Gasteiger partial charge on any atom is -0.363 e. The van der Waals surface area contributed by atoms with Gasteiger partial charge in [0.25, 0.3) is 0 Å². The van der Waals surface area contributed by atoms with Crippen LogP contribution in [0.3, 0.4) is 0 Å². The Hall–Kier alpha value is -4.41. The smallest absolute Gasteiger partial charge is 0.230 e. The van der Waals surface area contributed by atoms with Crippen molar-refractivity contribution >= 4 is 60.6 Å². The lowest BCUT2D eigenvalue weighted by atomic mass is 9.84. The number of thiophene rings is 1. The Labute approximate surface area is 285 Å². The van der Waals surface area contributed by atoms with Crippen LogP contribution in [0.5, 0.6) is 0 Å². The van der Waals surface area contributed by atoms with Crippen molar-refractivity contribution in [2.24, 2.45) is 10.2 Å². The van der Waals surface area contributed by atoms with Gasteiger partial charge < -0.3 is 21.2 Å². The van der Waals surface area contributed by atoms with Gasteiger partial charge in [0.2, 0.25) is 5.13 Å². The first-order valence-electron chi connectivity index (χ1n) is 16.7. The van der Waals surface area contributed by atoms with E-state index >= 15 is 0 Å². The average Bonchev–Trinajstić information content (AvgIpc) is 3.90. The van der Waals surface area contributed by atoms with E-state index in [1.54, 1.807) is 11.3 Å². The third-order valence-corrected chi connectivity index (χ3v) is 10.9. The number of rotatable bonds is 11. The number of aromatic nitrogens is 1. The number of thiazole rings is 1. The molecule has 0 spiro atoms. The maximum atomic E-state index is 4.73. The van der Waals surface area contributed by atoms with Gasteiger partial charge in [-0.25, -0.2) is 4.98 Å². The zero-order valence-electron chi connectivity index (χ0n) is 27.1. The number of nitrogens with zero attached hydrogens (tertiary/aromatic N) is 4. The Morgan fingerprint density at radius 2 is 1.47 bits per heavy atom. The van der Waals surface area contributed by atoms with Gasteiger partial charge in [-0.15, -0.1) is 21.6 Å². The highest BCUT2D eigenvalue weighted by molar-refractivity contribution is 7.20. The quantitative estimate of drug-likeness (QED) is 0.0831. The number of azo groups is 1. The molecule has 0 radical (unpaired) electrons. The van der Waals surface area contributed by atoms with E-state index in [-0.39, 0.29) is 0 Å². The van der Waals surface area contributed by atoms with Crippen molar-refractivity contribution in [1.29, 1.82) is 0 Å². The Bertz CT molecular complexity index is 1810. The minimum atomic E-state index is 0.658. The summed E-state index contributed by atoms with van der Waals surface area (Å²) in [6, 6.07) is 25.6. The van der Waals surface area contributed by atoms with Gasteiger partial charge in [-0.2, -0.15) is 0 Å². The molecule has 0 amide bonds. The van der Waals surface area contributed by atoms with E-state index in [1.807, 2.05) is 19.1 Å². The lowest BCUT2D eigenvalue weighted by Crippen LogP contribution is -2.15. The topological polar surface area (TPSA) is 89.0 Å². The highest BCUT2D eigenvalue weighted by atomic mass is 32.1. The molecule has 0 unspecified atom stereocenters. The Morgan fingerprint density at radius 1 is 0.723 bits per heavy atom. The van der Waals surface area contributed by atoms with Gasteiger partial charge in [0.15, 0.2) is 0 Å². The molecule has 3 heterocycles. The number of anilines is 5. The van der Waals surface area contributed by atoms with Gasteiger partial charge in [-0.1, -0.05) is 54.9 Å². The third-order valence-electron chi connectivity index (χ3n) is 9.12. The maximum Gasteiger partial charge on any atom is 0.230 e. The SMILES string of the molecule is Cc1cc(NNc2ccc(NNc3ccc(N4CCCC4)s3)cc2C)ccc1N=Nc1nc(-c2ccc(C3CCCCC3)cc2)cs1. The van der Waals surface area contributed by atoms with Crippen LogP contribution in [-0.2, 0) is 0 Å². The highest BCUT2D eigenvalue weighted by Gasteiger charge is 2.16. The Morgan fingerprint density at radius 3 is 2.23 bits per heavy atom. The number of benzene rings is 3. The summed E-state index contributed by atoms with van der Waals surface area (Å²) in [5.74, 6) is 0.712. The third kappa shape index (κ3) is 7.77. The van der Waals surface area contributed by atoms with Crippen LogP contribution in [0.15, 0.2) is 88.4 Å². The summed E-state index contributed by atoms with van der Waals surface area (Å²) in [6.07, 6.45) is 9.28. The molecule has 0 atom stereocenters. The maximum absolute atomic E-state index is 4.73. The molecule has 1 aliphatic heterocycles. The molecular weight excluding hydrogens is 621 g/mol. The van der Waals surface area contributed by atoms with E-state index in [0.29, 0.717) is 11.0 Å². The van der Waals surface area contributed by atoms with E-state index < -0.39 is 0 Å². The second kappa shape index (κ2) is 14.6. The average molecular weight is 663 g/mol. The Kier molecular flexibility index (Phi) is 9.67. The number of hydrazine groups is 2. The number of hydrogen-bond donors (Lipinski definition) is 4. The van der Waals surface area contributed by atoms with Crippen LogP contribution in [0.25, 0.3) is 11.3 Å². The molecule has 0 bridgehead atoms. The predicted octanol–water partition coefficient (Wildman–Crippen LogP) is 11.4. The van der Waals surface area contributed by atoms with Crippen LogP contribution in [0, 0.1) is 13.8 Å². The fraction of sp³-hybridized carbons (Fsp3) is 0.324. The fourth-order valence-electron chi connectivity index (χ4n) is 6.40. The van der Waals surface area contributed by atoms with Gasteiger partial charge >= 0.3 is 0 Å². The van der Waals surface area contributed by atoms with Gasteiger partial charge in [-0.3, -0.25) is 5.43 Å². The van der Waals surface area contributed by atoms with Crippen molar-refractivity contribution in [3.05, 3.63) is 94.9 Å². The summed E-state index contributed by atoms with van der Waals surface area (Å²) < 4.78 is 0. The van der Waals surface area contributed by atoms with E-state index in [2.05, 4.69) is 110 Å². The molecule has 1 saturated heterocycles. The zero-order valence-corrected chi connectivity index (χ0v) is 28.7. The van der Waals surface area contributed by atoms with Crippen LogP contribution in [0.2, 0.25) is 0 Å². The molecule has 3 aromatic carbocycles. The van der Waals surface area contributed by atoms with Crippen LogP contribution >= 0.6 is 22.7 Å². The van der Waals surface area contributed by atoms with Crippen molar-refractivity contribution in [2.45, 2.75) is 64.7 Å². The Balaban J connectivity index is 0.907. The van der Waals surface area contributed by atoms with Crippen LogP contribution < -0.4 is 26.6 Å². The van der Waals surface area contributed by atoms with Gasteiger partial charge in [0.05, 0.1) is 33.4 Å². The first-order valence-corrected chi connectivity index (χ1v) is 18.3. The van der Waals surface area contributed by atoms with E-state index in [1.165, 1.54) is 66.8 Å². The number of aryl methyl sites for hydroxylation is 2. The molecule has 1 saturated carbocycles. The van der Waals surface area contributed by atoms with Gasteiger partial charge in [0.1, 0.15) is 5.00 Å². The molecule has 47 heavy (non-hydrogen) atoms. The van der Waals surface area contributed by atoms with E-state index in [0.717, 1.165) is 63.2 Å². The second-order valence-corrected chi connectivity index (χ2v) is 14.4. The van der Waals surface area contributed by atoms with Crippen molar-refractivity contribution in [1.82, 2.24) is 4.98 Å². The largest absolute Gasteiger partial charge is 0.363 e. The summed E-state index contributed by atoms with van der Waals surface area (Å²) in [7, 11) is 0. The lowest BCUT2D eigenvalue weighted by molar-refractivity contribution is 0.443. The molecule has 2 aliphatic rings. The first kappa shape index (κ1) is 31.2. The summed E-state index contributed by atoms with van der Waals surface area (Å²) in [4.78, 5) is 7.19. The monoisotopic (exact) mass is 662 g/mol. The van der Waals surface area contributed by atoms with Crippen LogP contribution in [0.4, 0.5) is 37.9 Å². The molecule has 2 fully saturated rings. The fourth-order valence-corrected chi connectivity index (χ4v) is 7.96. The molecular formula is C37H42N8S2. The molecule has 5 aromatic rings. The first-order chi connectivity index (χ1) is 23.1. The van der Waals surface area contributed by atoms with Crippen molar-refractivity contribution in [3.63, 3.8) is 0 Å². The molecule has 242 valence electrons.